The second-order valence-corrected chi connectivity index (χ2v) is 4.25. The highest BCUT2D eigenvalue weighted by Crippen LogP contribution is 2.32. The van der Waals surface area contributed by atoms with E-state index in [0.717, 1.165) is 22.7 Å². The highest BCUT2D eigenvalue weighted by molar-refractivity contribution is 5.69. The van der Waals surface area contributed by atoms with E-state index in [0.29, 0.717) is 6.54 Å². The first-order chi connectivity index (χ1) is 9.15. The Labute approximate surface area is 112 Å². The fourth-order valence-electron chi connectivity index (χ4n) is 1.99. The Hall–Kier alpha value is -2.07. The van der Waals surface area contributed by atoms with E-state index < -0.39 is 0 Å². The van der Waals surface area contributed by atoms with E-state index in [2.05, 4.69) is 0 Å². The average Bonchev–Trinajstić information content (AvgIpc) is 2.45. The fraction of sp³-hybridized carbons (Fsp3) is 0.200. The topological polar surface area (TPSA) is 38.5 Å². The Morgan fingerprint density at radius 3 is 2.63 bits per heavy atom. The van der Waals surface area contributed by atoms with Crippen LogP contribution in [-0.4, -0.2) is 14.2 Å². The summed E-state index contributed by atoms with van der Waals surface area (Å²) in [6.07, 6.45) is 0. The first-order valence-electron chi connectivity index (χ1n) is 6.02. The Bertz CT molecular complexity index is 572. The molecule has 0 atom stereocenters. The van der Waals surface area contributed by atoms with Gasteiger partial charge in [0.2, 0.25) is 0 Å². The Morgan fingerprint density at radius 1 is 1.21 bits per heavy atom. The van der Waals surface area contributed by atoms with Crippen LogP contribution in [0.3, 0.4) is 0 Å². The van der Waals surface area contributed by atoms with Crippen LogP contribution in [0.1, 0.15) is 5.56 Å². The Morgan fingerprint density at radius 2 is 1.95 bits per heavy atom. The summed E-state index contributed by atoms with van der Waals surface area (Å²) in [6.45, 7) is 0.310. The van der Waals surface area contributed by atoms with Crippen LogP contribution >= 0.6 is 0 Å². The van der Waals surface area contributed by atoms with Crippen molar-refractivity contribution >= 4 is 11.4 Å². The van der Waals surface area contributed by atoms with Gasteiger partial charge in [-0.3, -0.25) is 0 Å². The Balaban J connectivity index is 2.43. The molecule has 0 aromatic heterocycles. The first kappa shape index (κ1) is 13.4. The molecule has 2 rings (SSSR count). The fourth-order valence-corrected chi connectivity index (χ4v) is 1.99. The van der Waals surface area contributed by atoms with E-state index in [1.54, 1.807) is 7.11 Å². The van der Waals surface area contributed by atoms with Gasteiger partial charge in [0.25, 0.3) is 0 Å². The van der Waals surface area contributed by atoms with Gasteiger partial charge in [-0.2, -0.15) is 0 Å². The van der Waals surface area contributed by atoms with E-state index in [-0.39, 0.29) is 5.82 Å². The number of methoxy groups -OCH3 is 1. The zero-order chi connectivity index (χ0) is 13.8. The summed E-state index contributed by atoms with van der Waals surface area (Å²) in [6, 6.07) is 12.4. The smallest absolute Gasteiger partial charge is 0.142 e. The molecule has 2 aromatic carbocycles. The average molecular weight is 260 g/mol. The molecule has 0 amide bonds. The molecule has 0 fully saturated rings. The predicted octanol–water partition coefficient (Wildman–Crippen LogP) is 3.06. The highest BCUT2D eigenvalue weighted by Gasteiger charge is 2.11. The lowest BCUT2D eigenvalue weighted by molar-refractivity contribution is 0.415. The lowest BCUT2D eigenvalue weighted by Crippen LogP contribution is -2.12. The van der Waals surface area contributed by atoms with Crippen molar-refractivity contribution in [1.29, 1.82) is 0 Å². The molecule has 0 radical (unpaired) electrons. The summed E-state index contributed by atoms with van der Waals surface area (Å²) in [4.78, 5) is 1.88. The maximum atomic E-state index is 13.6. The van der Waals surface area contributed by atoms with Crippen LogP contribution in [0, 0.1) is 5.82 Å². The van der Waals surface area contributed by atoms with Crippen molar-refractivity contribution in [3.63, 3.8) is 0 Å². The lowest BCUT2D eigenvalue weighted by atomic mass is 10.1. The van der Waals surface area contributed by atoms with E-state index in [4.69, 9.17) is 10.5 Å². The monoisotopic (exact) mass is 260 g/mol. The van der Waals surface area contributed by atoms with Gasteiger partial charge in [0.15, 0.2) is 0 Å². The molecular weight excluding hydrogens is 243 g/mol. The molecule has 0 saturated carbocycles. The number of nitrogens with zero attached hydrogens (tertiary/aromatic N) is 1. The molecule has 0 aliphatic heterocycles. The largest absolute Gasteiger partial charge is 0.495 e. The molecule has 2 N–H and O–H groups in total. The van der Waals surface area contributed by atoms with E-state index in [1.807, 2.05) is 42.3 Å². The molecule has 2 aromatic rings. The van der Waals surface area contributed by atoms with E-state index >= 15 is 0 Å². The minimum Gasteiger partial charge on any atom is -0.495 e. The van der Waals surface area contributed by atoms with Gasteiger partial charge in [0.05, 0.1) is 12.8 Å². The van der Waals surface area contributed by atoms with Crippen molar-refractivity contribution in [1.82, 2.24) is 0 Å². The summed E-state index contributed by atoms with van der Waals surface area (Å²) >= 11 is 0. The molecular formula is C15H17FN2O. The first-order valence-corrected chi connectivity index (χ1v) is 6.02. The zero-order valence-electron chi connectivity index (χ0n) is 11.1. The molecule has 4 heteroatoms. The van der Waals surface area contributed by atoms with Gasteiger partial charge in [-0.25, -0.2) is 4.39 Å². The molecule has 0 bridgehead atoms. The molecule has 0 aliphatic carbocycles. The second kappa shape index (κ2) is 5.71. The van der Waals surface area contributed by atoms with Crippen molar-refractivity contribution in [2.24, 2.45) is 5.73 Å². The maximum Gasteiger partial charge on any atom is 0.142 e. The lowest BCUT2D eigenvalue weighted by Gasteiger charge is -2.22. The third-order valence-electron chi connectivity index (χ3n) is 3.01. The number of rotatable bonds is 4. The number of hydrogen-bond acceptors (Lipinski definition) is 3. The van der Waals surface area contributed by atoms with Crippen LogP contribution in [-0.2, 0) is 6.54 Å². The van der Waals surface area contributed by atoms with Crippen molar-refractivity contribution in [3.8, 4) is 5.75 Å². The molecule has 0 unspecified atom stereocenters. The van der Waals surface area contributed by atoms with Gasteiger partial charge >= 0.3 is 0 Å². The number of nitrogens with two attached hydrogens (primary N) is 1. The van der Waals surface area contributed by atoms with Crippen LogP contribution in [0.25, 0.3) is 0 Å². The van der Waals surface area contributed by atoms with Gasteiger partial charge < -0.3 is 15.4 Å². The van der Waals surface area contributed by atoms with Crippen molar-refractivity contribution < 1.29 is 9.13 Å². The van der Waals surface area contributed by atoms with Gasteiger partial charge in [-0.15, -0.1) is 0 Å². The van der Waals surface area contributed by atoms with Crippen molar-refractivity contribution in [2.75, 3.05) is 19.1 Å². The minimum absolute atomic E-state index is 0.292. The summed E-state index contributed by atoms with van der Waals surface area (Å²) < 4.78 is 18.9. The normalized spacial score (nSPS) is 10.3. The quantitative estimate of drug-likeness (QED) is 0.918. The highest BCUT2D eigenvalue weighted by atomic mass is 19.1. The van der Waals surface area contributed by atoms with Crippen molar-refractivity contribution in [2.45, 2.75) is 6.54 Å². The van der Waals surface area contributed by atoms with Crippen LogP contribution in [0.15, 0.2) is 42.5 Å². The molecule has 0 saturated heterocycles. The zero-order valence-corrected chi connectivity index (χ0v) is 11.1. The Kier molecular flexibility index (Phi) is 4.02. The van der Waals surface area contributed by atoms with Gasteiger partial charge in [-0.1, -0.05) is 12.1 Å². The molecule has 0 heterocycles. The number of para-hydroxylation sites is 2. The molecule has 3 nitrogen and oxygen atoms in total. The predicted molar refractivity (Wildman–Crippen MR) is 75.3 cm³/mol. The molecule has 100 valence electrons. The van der Waals surface area contributed by atoms with Crippen LogP contribution < -0.4 is 15.4 Å². The number of halogens is 1. The summed E-state index contributed by atoms with van der Waals surface area (Å²) in [5.74, 6) is 0.447. The number of hydrogen-bond donors (Lipinski definition) is 1. The van der Waals surface area contributed by atoms with Crippen LogP contribution in [0.2, 0.25) is 0 Å². The summed E-state index contributed by atoms with van der Waals surface area (Å²) in [5, 5.41) is 0. The van der Waals surface area contributed by atoms with Crippen molar-refractivity contribution in [3.05, 3.63) is 53.8 Å². The minimum atomic E-state index is -0.292. The number of benzene rings is 2. The molecule has 0 spiro atoms. The standard InChI is InChI=1S/C15H17FN2O/c1-18(14-5-3-4-6-15(14)19-2)13-8-11(10-17)7-12(16)9-13/h3-9H,10,17H2,1-2H3. The number of anilines is 2. The van der Waals surface area contributed by atoms with Gasteiger partial charge in [0.1, 0.15) is 11.6 Å². The summed E-state index contributed by atoms with van der Waals surface area (Å²) in [5.41, 5.74) is 7.95. The third kappa shape index (κ3) is 2.85. The third-order valence-corrected chi connectivity index (χ3v) is 3.01. The van der Waals surface area contributed by atoms with Crippen LogP contribution in [0.4, 0.5) is 15.8 Å². The maximum absolute atomic E-state index is 13.6. The van der Waals surface area contributed by atoms with Gasteiger partial charge in [0, 0.05) is 19.3 Å². The molecule has 0 aliphatic rings. The SMILES string of the molecule is COc1ccccc1N(C)c1cc(F)cc(CN)c1. The summed E-state index contributed by atoms with van der Waals surface area (Å²) in [7, 11) is 3.48. The van der Waals surface area contributed by atoms with E-state index in [9.17, 15) is 4.39 Å². The number of ether oxygens (including phenoxy) is 1. The second-order valence-electron chi connectivity index (χ2n) is 4.25. The van der Waals surface area contributed by atoms with Gasteiger partial charge in [-0.05, 0) is 35.9 Å². The van der Waals surface area contributed by atoms with Crippen LogP contribution in [0.5, 0.6) is 5.75 Å². The molecule has 19 heavy (non-hydrogen) atoms. The van der Waals surface area contributed by atoms with E-state index in [1.165, 1.54) is 12.1 Å².